The molecule has 0 aliphatic heterocycles. The van der Waals surface area contributed by atoms with Crippen LogP contribution in [0.25, 0.3) is 0 Å². The molecule has 0 spiro atoms. The second-order valence-electron chi connectivity index (χ2n) is 3.66. The van der Waals surface area contributed by atoms with Crippen molar-refractivity contribution in [3.63, 3.8) is 0 Å². The minimum absolute atomic E-state index is 0.548. The Morgan fingerprint density at radius 3 is 1.19 bits per heavy atom. The van der Waals surface area contributed by atoms with Gasteiger partial charge in [0.1, 0.15) is 0 Å². The van der Waals surface area contributed by atoms with Crippen molar-refractivity contribution in [2.75, 3.05) is 0 Å². The third-order valence-electron chi connectivity index (χ3n) is 2.53. The summed E-state index contributed by atoms with van der Waals surface area (Å²) >= 11 is 0. The Hall–Kier alpha value is -1.64. The third kappa shape index (κ3) is 2.30. The zero-order chi connectivity index (χ0) is 11.4. The summed E-state index contributed by atoms with van der Waals surface area (Å²) in [6.07, 6.45) is -2.49. The van der Waals surface area contributed by atoms with Crippen LogP contribution < -0.4 is 0 Å². The molecule has 80 valence electrons. The van der Waals surface area contributed by atoms with E-state index in [-0.39, 0.29) is 0 Å². The second kappa shape index (κ2) is 4.92. The molecule has 2 nitrogen and oxygen atoms in total. The average Bonchev–Trinajstić information content (AvgIpc) is 2.39. The van der Waals surface area contributed by atoms with Crippen LogP contribution in [0.1, 0.15) is 23.3 Å². The summed E-state index contributed by atoms with van der Waals surface area (Å²) in [6, 6.07) is 17.6. The molecular formula is C14H12O2. The van der Waals surface area contributed by atoms with E-state index in [1.54, 1.807) is 48.5 Å². The molecule has 0 aromatic heterocycles. The van der Waals surface area contributed by atoms with Gasteiger partial charge in [0.05, 0.1) is 0 Å². The maximum atomic E-state index is 11.9. The van der Waals surface area contributed by atoms with Gasteiger partial charge in [-0.15, -0.1) is 0 Å². The molecule has 0 N–H and O–H groups in total. The van der Waals surface area contributed by atoms with Gasteiger partial charge in [0.2, 0.25) is 0 Å². The summed E-state index contributed by atoms with van der Waals surface area (Å²) in [5, 5.41) is 23.8. The van der Waals surface area contributed by atoms with Gasteiger partial charge < -0.3 is 0 Å². The highest BCUT2D eigenvalue weighted by Gasteiger charge is 2.22. The minimum atomic E-state index is -1.25. The fraction of sp³-hybridized carbons (Fsp3) is 0.143. The van der Waals surface area contributed by atoms with E-state index >= 15 is 0 Å². The highest BCUT2D eigenvalue weighted by molar-refractivity contribution is 5.24. The van der Waals surface area contributed by atoms with Crippen LogP contribution in [0.2, 0.25) is 0 Å². The molecule has 0 aliphatic rings. The van der Waals surface area contributed by atoms with Crippen LogP contribution in [0.15, 0.2) is 60.7 Å². The van der Waals surface area contributed by atoms with Gasteiger partial charge in [0, 0.05) is 0 Å². The van der Waals surface area contributed by atoms with Gasteiger partial charge in [0.15, 0.2) is 12.2 Å². The van der Waals surface area contributed by atoms with Crippen molar-refractivity contribution < 1.29 is 10.2 Å². The molecule has 0 bridgehead atoms. The summed E-state index contributed by atoms with van der Waals surface area (Å²) in [7, 11) is 0. The summed E-state index contributed by atoms with van der Waals surface area (Å²) < 4.78 is 0. The van der Waals surface area contributed by atoms with Crippen molar-refractivity contribution in [3.05, 3.63) is 71.8 Å². The maximum absolute atomic E-state index is 11.9. The van der Waals surface area contributed by atoms with E-state index in [0.717, 1.165) is 0 Å². The number of hydrogen-bond donors (Lipinski definition) is 0. The Kier molecular flexibility index (Phi) is 3.34. The molecule has 16 heavy (non-hydrogen) atoms. The summed E-state index contributed by atoms with van der Waals surface area (Å²) in [5.74, 6) is 0. The van der Waals surface area contributed by atoms with Crippen LogP contribution in [0.4, 0.5) is 0 Å². The number of rotatable bonds is 3. The van der Waals surface area contributed by atoms with E-state index in [4.69, 9.17) is 0 Å². The first-order valence-corrected chi connectivity index (χ1v) is 5.20. The van der Waals surface area contributed by atoms with Crippen molar-refractivity contribution in [1.82, 2.24) is 0 Å². The quantitative estimate of drug-likeness (QED) is 0.748. The number of hydrogen-bond acceptors (Lipinski definition) is 0. The zero-order valence-corrected chi connectivity index (χ0v) is 8.74. The van der Waals surface area contributed by atoms with Crippen LogP contribution in [-0.2, 0) is 10.2 Å². The van der Waals surface area contributed by atoms with Gasteiger partial charge in [-0.2, -0.15) is 0 Å². The van der Waals surface area contributed by atoms with Crippen molar-refractivity contribution in [2.24, 2.45) is 0 Å². The fourth-order valence-electron chi connectivity index (χ4n) is 1.64. The lowest BCUT2D eigenvalue weighted by atomic mass is 9.99. The minimum Gasteiger partial charge on any atom is -0.224 e. The molecule has 0 heterocycles. The van der Waals surface area contributed by atoms with Crippen LogP contribution in [-0.4, -0.2) is 0 Å². The molecular weight excluding hydrogens is 200 g/mol. The lowest BCUT2D eigenvalue weighted by Crippen LogP contribution is -2.07. The molecule has 2 heteroatoms. The Labute approximate surface area is 94.8 Å². The van der Waals surface area contributed by atoms with Gasteiger partial charge in [0.25, 0.3) is 0 Å². The summed E-state index contributed by atoms with van der Waals surface area (Å²) in [5.41, 5.74) is 1.10. The number of benzene rings is 2. The smallest absolute Gasteiger partial charge is 0.151 e. The molecule has 0 aliphatic carbocycles. The van der Waals surface area contributed by atoms with Crippen molar-refractivity contribution >= 4 is 0 Å². The predicted molar refractivity (Wildman–Crippen MR) is 59.7 cm³/mol. The molecule has 2 radical (unpaired) electrons. The lowest BCUT2D eigenvalue weighted by molar-refractivity contribution is -0.0646. The first kappa shape index (κ1) is 10.9. The lowest BCUT2D eigenvalue weighted by Gasteiger charge is -2.14. The van der Waals surface area contributed by atoms with Gasteiger partial charge in [-0.25, -0.2) is 10.2 Å². The van der Waals surface area contributed by atoms with E-state index in [0.29, 0.717) is 11.1 Å². The highest BCUT2D eigenvalue weighted by Crippen LogP contribution is 2.29. The van der Waals surface area contributed by atoms with E-state index in [2.05, 4.69) is 0 Å². The normalized spacial score (nSPS) is 14.4. The van der Waals surface area contributed by atoms with E-state index in [1.807, 2.05) is 12.1 Å². The molecule has 2 aromatic rings. The summed E-state index contributed by atoms with van der Waals surface area (Å²) in [6.45, 7) is 0. The monoisotopic (exact) mass is 212 g/mol. The predicted octanol–water partition coefficient (Wildman–Crippen LogP) is 3.33. The Balaban J connectivity index is 2.20. The van der Waals surface area contributed by atoms with E-state index in [1.165, 1.54) is 0 Å². The fourth-order valence-corrected chi connectivity index (χ4v) is 1.64. The topological polar surface area (TPSA) is 39.8 Å². The van der Waals surface area contributed by atoms with E-state index < -0.39 is 12.2 Å². The van der Waals surface area contributed by atoms with Crippen LogP contribution in [0, 0.1) is 0 Å². The van der Waals surface area contributed by atoms with Gasteiger partial charge in [-0.1, -0.05) is 60.7 Å². The van der Waals surface area contributed by atoms with Crippen LogP contribution >= 0.6 is 0 Å². The molecule has 2 aromatic carbocycles. The molecule has 0 amide bonds. The van der Waals surface area contributed by atoms with Gasteiger partial charge in [-0.05, 0) is 11.1 Å². The molecule has 2 unspecified atom stereocenters. The van der Waals surface area contributed by atoms with Crippen LogP contribution in [0.5, 0.6) is 0 Å². The van der Waals surface area contributed by atoms with Crippen molar-refractivity contribution in [2.45, 2.75) is 12.2 Å². The molecule has 0 saturated carbocycles. The van der Waals surface area contributed by atoms with Crippen molar-refractivity contribution in [1.29, 1.82) is 0 Å². The maximum Gasteiger partial charge on any atom is 0.151 e. The van der Waals surface area contributed by atoms with Gasteiger partial charge in [-0.3, -0.25) is 0 Å². The highest BCUT2D eigenvalue weighted by atomic mass is 16.3. The van der Waals surface area contributed by atoms with Gasteiger partial charge >= 0.3 is 0 Å². The second-order valence-corrected chi connectivity index (χ2v) is 3.66. The SMILES string of the molecule is [O]C(c1ccccc1)C([O])c1ccccc1. The Bertz CT molecular complexity index is 382. The first-order valence-electron chi connectivity index (χ1n) is 5.20. The molecule has 2 atom stereocenters. The molecule has 2 rings (SSSR count). The Morgan fingerprint density at radius 1 is 0.562 bits per heavy atom. The van der Waals surface area contributed by atoms with Crippen LogP contribution in [0.3, 0.4) is 0 Å². The van der Waals surface area contributed by atoms with Crippen molar-refractivity contribution in [3.8, 4) is 0 Å². The molecule has 0 fully saturated rings. The zero-order valence-electron chi connectivity index (χ0n) is 8.74. The standard InChI is InChI=1S/C14H12O2/c15-13(11-7-3-1-4-8-11)14(16)12-9-5-2-6-10-12/h1-10,13-14H. The first-order chi connectivity index (χ1) is 7.79. The molecule has 0 saturated heterocycles. The average molecular weight is 212 g/mol. The Morgan fingerprint density at radius 2 is 0.875 bits per heavy atom. The van der Waals surface area contributed by atoms with E-state index in [9.17, 15) is 10.2 Å². The summed E-state index contributed by atoms with van der Waals surface area (Å²) in [4.78, 5) is 0. The third-order valence-corrected chi connectivity index (χ3v) is 2.53. The largest absolute Gasteiger partial charge is 0.224 e.